The van der Waals surface area contributed by atoms with Crippen LogP contribution in [0.25, 0.3) is 83.9 Å². The summed E-state index contributed by atoms with van der Waals surface area (Å²) in [6.45, 7) is 4.66. The number of benzene rings is 7. The van der Waals surface area contributed by atoms with E-state index in [2.05, 4.69) is 128 Å². The van der Waals surface area contributed by atoms with Crippen LogP contribution in [0.5, 0.6) is 0 Å². The van der Waals surface area contributed by atoms with E-state index in [1.54, 1.807) is 0 Å². The summed E-state index contributed by atoms with van der Waals surface area (Å²) in [4.78, 5) is 15.0. The molecule has 0 bridgehead atoms. The lowest BCUT2D eigenvalue weighted by Crippen LogP contribution is -2.14. The third-order valence-corrected chi connectivity index (χ3v) is 10.7. The maximum Gasteiger partial charge on any atom is 0.164 e. The number of hydrogen-bond donors (Lipinski definition) is 0. The van der Waals surface area contributed by atoms with Gasteiger partial charge in [-0.1, -0.05) is 135 Å². The highest BCUT2D eigenvalue weighted by Gasteiger charge is 2.35. The van der Waals surface area contributed by atoms with Gasteiger partial charge in [-0.2, -0.15) is 0 Å². The third kappa shape index (κ3) is 4.79. The minimum absolute atomic E-state index is 0.0241. The number of rotatable bonds is 5. The van der Waals surface area contributed by atoms with Crippen LogP contribution in [-0.2, 0) is 5.41 Å². The van der Waals surface area contributed by atoms with Gasteiger partial charge in [-0.3, -0.25) is 0 Å². The fraction of sp³-hybridized carbons (Fsp3) is 0.0625. The van der Waals surface area contributed by atoms with E-state index >= 15 is 0 Å². The minimum Gasteiger partial charge on any atom is -0.309 e. The van der Waals surface area contributed by atoms with E-state index in [0.29, 0.717) is 17.5 Å². The zero-order chi connectivity index (χ0) is 34.8. The van der Waals surface area contributed by atoms with Crippen LogP contribution in [0.4, 0.5) is 0 Å². The zero-order valence-corrected chi connectivity index (χ0v) is 29.0. The van der Waals surface area contributed by atoms with Gasteiger partial charge in [-0.15, -0.1) is 0 Å². The molecule has 0 unspecified atom stereocenters. The lowest BCUT2D eigenvalue weighted by atomic mass is 9.82. The second-order valence-corrected chi connectivity index (χ2v) is 14.1. The van der Waals surface area contributed by atoms with Crippen LogP contribution in [0.1, 0.15) is 25.0 Å². The smallest absolute Gasteiger partial charge is 0.164 e. The van der Waals surface area contributed by atoms with Crippen molar-refractivity contribution in [1.29, 1.82) is 0 Å². The molecule has 0 atom stereocenters. The van der Waals surface area contributed by atoms with Crippen molar-refractivity contribution < 1.29 is 0 Å². The first-order valence-electron chi connectivity index (χ1n) is 17.8. The molecule has 4 nitrogen and oxygen atoms in total. The first-order chi connectivity index (χ1) is 25.5. The van der Waals surface area contributed by atoms with Crippen molar-refractivity contribution in [2.75, 3.05) is 0 Å². The topological polar surface area (TPSA) is 43.6 Å². The Labute approximate surface area is 302 Å². The molecule has 0 N–H and O–H groups in total. The highest BCUT2D eigenvalue weighted by Crippen LogP contribution is 2.49. The Morgan fingerprint density at radius 3 is 1.48 bits per heavy atom. The predicted molar refractivity (Wildman–Crippen MR) is 213 cm³/mol. The maximum absolute atomic E-state index is 5.05. The summed E-state index contributed by atoms with van der Waals surface area (Å²) in [5.74, 6) is 1.95. The molecule has 52 heavy (non-hydrogen) atoms. The molecule has 2 aromatic heterocycles. The van der Waals surface area contributed by atoms with Gasteiger partial charge in [0.2, 0.25) is 0 Å². The van der Waals surface area contributed by atoms with Gasteiger partial charge in [0.15, 0.2) is 17.5 Å². The summed E-state index contributed by atoms with van der Waals surface area (Å²) >= 11 is 0. The molecule has 4 heteroatoms. The van der Waals surface area contributed by atoms with Crippen LogP contribution in [0.15, 0.2) is 170 Å². The van der Waals surface area contributed by atoms with Gasteiger partial charge in [-0.25, -0.2) is 15.0 Å². The Hall–Kier alpha value is -6.65. The highest BCUT2D eigenvalue weighted by molar-refractivity contribution is 6.11. The highest BCUT2D eigenvalue weighted by atomic mass is 15.0. The molecule has 7 aromatic carbocycles. The quantitative estimate of drug-likeness (QED) is 0.184. The summed E-state index contributed by atoms with van der Waals surface area (Å²) in [6, 6.07) is 60.2. The van der Waals surface area contributed by atoms with Crippen molar-refractivity contribution >= 4 is 21.8 Å². The predicted octanol–water partition coefficient (Wildman–Crippen LogP) is 11.9. The van der Waals surface area contributed by atoms with E-state index in [4.69, 9.17) is 15.0 Å². The Morgan fingerprint density at radius 1 is 0.385 bits per heavy atom. The number of aromatic nitrogens is 4. The van der Waals surface area contributed by atoms with Crippen LogP contribution >= 0.6 is 0 Å². The third-order valence-electron chi connectivity index (χ3n) is 10.7. The fourth-order valence-corrected chi connectivity index (χ4v) is 8.03. The summed E-state index contributed by atoms with van der Waals surface area (Å²) in [5, 5.41) is 2.33. The molecular formula is C48H34N4. The number of fused-ring (bicyclic) bond motifs is 6. The number of para-hydroxylation sites is 1. The molecular weight excluding hydrogens is 633 g/mol. The van der Waals surface area contributed by atoms with Gasteiger partial charge in [0, 0.05) is 38.6 Å². The average Bonchev–Trinajstić information content (AvgIpc) is 3.66. The standard InChI is InChI=1S/C48H34N4/c1-48(2)41-21-13-12-20-37(41)38-28-33(22-25-42(38)48)34-23-26-43-39(29-34)40-30-35(24-27-44(40)52(43)36-18-10-5-11-19-36)47-50-45(31-14-6-3-7-15-31)49-46(51-47)32-16-8-4-9-17-32/h3-30H,1-2H3. The van der Waals surface area contributed by atoms with Gasteiger partial charge in [0.05, 0.1) is 11.0 Å². The Bertz CT molecular complexity index is 2740. The lowest BCUT2D eigenvalue weighted by molar-refractivity contribution is 0.660. The van der Waals surface area contributed by atoms with Gasteiger partial charge >= 0.3 is 0 Å². The van der Waals surface area contributed by atoms with Gasteiger partial charge < -0.3 is 4.57 Å². The Balaban J connectivity index is 1.18. The van der Waals surface area contributed by atoms with E-state index < -0.39 is 0 Å². The summed E-state index contributed by atoms with van der Waals surface area (Å²) in [7, 11) is 0. The normalized spacial score (nSPS) is 13.0. The van der Waals surface area contributed by atoms with Gasteiger partial charge in [0.25, 0.3) is 0 Å². The molecule has 0 fully saturated rings. The second-order valence-electron chi connectivity index (χ2n) is 14.1. The molecule has 0 saturated heterocycles. The van der Waals surface area contributed by atoms with Gasteiger partial charge in [0.1, 0.15) is 0 Å². The molecule has 0 amide bonds. The molecule has 246 valence electrons. The molecule has 1 aliphatic carbocycles. The minimum atomic E-state index is -0.0241. The van der Waals surface area contributed by atoms with E-state index in [1.807, 2.05) is 60.7 Å². The Kier molecular flexibility index (Phi) is 6.80. The van der Waals surface area contributed by atoms with Crippen molar-refractivity contribution in [2.45, 2.75) is 19.3 Å². The molecule has 10 rings (SSSR count). The summed E-state index contributed by atoms with van der Waals surface area (Å²) in [5.41, 5.74) is 14.1. The SMILES string of the molecule is CC1(C)c2ccccc2-c2cc(-c3ccc4c(c3)c3cc(-c5nc(-c6ccccc6)nc(-c6ccccc6)n5)ccc3n4-c3ccccc3)ccc21. The summed E-state index contributed by atoms with van der Waals surface area (Å²) in [6.07, 6.45) is 0. The van der Waals surface area contributed by atoms with E-state index in [1.165, 1.54) is 38.8 Å². The molecule has 9 aromatic rings. The first-order valence-corrected chi connectivity index (χ1v) is 17.8. The van der Waals surface area contributed by atoms with Crippen molar-refractivity contribution in [3.63, 3.8) is 0 Å². The van der Waals surface area contributed by atoms with E-state index in [9.17, 15) is 0 Å². The van der Waals surface area contributed by atoms with Crippen LogP contribution in [0.2, 0.25) is 0 Å². The second kappa shape index (κ2) is 11.7. The van der Waals surface area contributed by atoms with Crippen LogP contribution < -0.4 is 0 Å². The molecule has 1 aliphatic rings. The largest absolute Gasteiger partial charge is 0.309 e. The van der Waals surface area contributed by atoms with Crippen molar-refractivity contribution in [3.05, 3.63) is 181 Å². The summed E-state index contributed by atoms with van der Waals surface area (Å²) < 4.78 is 2.36. The molecule has 0 aliphatic heterocycles. The van der Waals surface area contributed by atoms with Crippen LogP contribution in [0.3, 0.4) is 0 Å². The molecule has 0 radical (unpaired) electrons. The van der Waals surface area contributed by atoms with E-state index in [-0.39, 0.29) is 5.41 Å². The van der Waals surface area contributed by atoms with Crippen molar-refractivity contribution in [1.82, 2.24) is 19.5 Å². The lowest BCUT2D eigenvalue weighted by Gasteiger charge is -2.21. The van der Waals surface area contributed by atoms with Crippen molar-refractivity contribution in [3.8, 4) is 62.1 Å². The monoisotopic (exact) mass is 666 g/mol. The fourth-order valence-electron chi connectivity index (χ4n) is 8.03. The number of nitrogens with zero attached hydrogens (tertiary/aromatic N) is 4. The van der Waals surface area contributed by atoms with Crippen LogP contribution in [0, 0.1) is 0 Å². The van der Waals surface area contributed by atoms with Gasteiger partial charge in [-0.05, 0) is 81.9 Å². The molecule has 0 saturated carbocycles. The zero-order valence-electron chi connectivity index (χ0n) is 29.0. The van der Waals surface area contributed by atoms with E-state index in [0.717, 1.165) is 38.8 Å². The molecule has 2 heterocycles. The van der Waals surface area contributed by atoms with Crippen molar-refractivity contribution in [2.24, 2.45) is 0 Å². The Morgan fingerprint density at radius 2 is 0.846 bits per heavy atom. The molecule has 0 spiro atoms. The number of hydrogen-bond acceptors (Lipinski definition) is 3. The maximum atomic E-state index is 5.05. The first kappa shape index (κ1) is 30.2. The average molecular weight is 667 g/mol. The van der Waals surface area contributed by atoms with Crippen LogP contribution in [-0.4, -0.2) is 19.5 Å².